The van der Waals surface area contributed by atoms with Crippen LogP contribution in [-0.4, -0.2) is 42.9 Å². The molecule has 0 N–H and O–H groups in total. The van der Waals surface area contributed by atoms with Crippen LogP contribution in [-0.2, 0) is 20.7 Å². The molecule has 1 unspecified atom stereocenters. The number of carbonyl (C=O) groups excluding carboxylic acids is 1. The Labute approximate surface area is 153 Å². The van der Waals surface area contributed by atoms with Crippen molar-refractivity contribution >= 4 is 23.0 Å². The summed E-state index contributed by atoms with van der Waals surface area (Å²) in [7, 11) is 0. The number of carbonyl (C=O) groups is 1. The fourth-order valence-electron chi connectivity index (χ4n) is 3.92. The third-order valence-electron chi connectivity index (χ3n) is 5.22. The molecule has 0 saturated carbocycles. The summed E-state index contributed by atoms with van der Waals surface area (Å²) >= 11 is 0. The second-order valence-corrected chi connectivity index (χ2v) is 6.83. The quantitative estimate of drug-likeness (QED) is 0.784. The number of aryl methyl sites for hydroxylation is 1. The first-order valence-corrected chi connectivity index (χ1v) is 9.50. The molecule has 2 fully saturated rings. The normalized spacial score (nSPS) is 21.9. The number of ether oxygens (including phenoxy) is 2. The smallest absolute Gasteiger partial charge is 0.247 e. The minimum Gasteiger partial charge on any atom is -0.460 e. The number of hydrogen-bond acceptors (Lipinski definition) is 4. The van der Waals surface area contributed by atoms with Crippen LogP contribution >= 0.6 is 0 Å². The van der Waals surface area contributed by atoms with Crippen molar-refractivity contribution in [2.24, 2.45) is 0 Å². The predicted molar refractivity (Wildman–Crippen MR) is 99.7 cm³/mol. The zero-order valence-electron chi connectivity index (χ0n) is 15.1. The van der Waals surface area contributed by atoms with Gasteiger partial charge in [-0.15, -0.1) is 0 Å². The number of hydrogen-bond donors (Lipinski definition) is 0. The maximum atomic E-state index is 12.9. The predicted octanol–water partition coefficient (Wildman–Crippen LogP) is 3.76. The van der Waals surface area contributed by atoms with E-state index in [0.29, 0.717) is 13.2 Å². The van der Waals surface area contributed by atoms with Gasteiger partial charge in [-0.1, -0.05) is 25.1 Å². The third-order valence-corrected chi connectivity index (χ3v) is 5.22. The van der Waals surface area contributed by atoms with Gasteiger partial charge in [-0.2, -0.15) is 0 Å². The lowest BCUT2D eigenvalue weighted by Crippen LogP contribution is -2.49. The van der Waals surface area contributed by atoms with E-state index < -0.39 is 0 Å². The second kappa shape index (κ2) is 7.64. The highest BCUT2D eigenvalue weighted by Gasteiger charge is 2.35. The molecule has 138 valence electrons. The lowest BCUT2D eigenvalue weighted by molar-refractivity contribution is -0.145. The summed E-state index contributed by atoms with van der Waals surface area (Å²) in [5.41, 5.74) is 1.86. The van der Waals surface area contributed by atoms with Gasteiger partial charge < -0.3 is 18.8 Å². The maximum Gasteiger partial charge on any atom is 0.247 e. The van der Waals surface area contributed by atoms with E-state index in [1.165, 1.54) is 0 Å². The monoisotopic (exact) mass is 355 g/mol. The number of piperidine rings is 1. The largest absolute Gasteiger partial charge is 0.460 e. The summed E-state index contributed by atoms with van der Waals surface area (Å²) in [6, 6.07) is 7.96. The fraction of sp³-hybridized carbons (Fsp3) is 0.476. The van der Waals surface area contributed by atoms with Crippen LogP contribution in [0.4, 0.5) is 0 Å². The minimum absolute atomic E-state index is 0.00939. The van der Waals surface area contributed by atoms with E-state index in [-0.39, 0.29) is 18.2 Å². The molecule has 1 amide bonds. The van der Waals surface area contributed by atoms with Gasteiger partial charge in [0.1, 0.15) is 11.3 Å². The number of amides is 1. The van der Waals surface area contributed by atoms with Gasteiger partial charge in [-0.05, 0) is 31.4 Å². The molecule has 5 nitrogen and oxygen atoms in total. The Bertz CT molecular complexity index is 803. The van der Waals surface area contributed by atoms with E-state index in [1.807, 2.05) is 35.2 Å². The molecule has 3 heterocycles. The molecule has 2 saturated heterocycles. The molecule has 5 heteroatoms. The van der Waals surface area contributed by atoms with Crippen molar-refractivity contribution in [1.82, 2.24) is 4.90 Å². The topological polar surface area (TPSA) is 51.9 Å². The van der Waals surface area contributed by atoms with Crippen molar-refractivity contribution in [3.05, 3.63) is 41.7 Å². The van der Waals surface area contributed by atoms with E-state index in [1.54, 1.807) is 6.08 Å². The lowest BCUT2D eigenvalue weighted by atomic mass is 10.0. The highest BCUT2D eigenvalue weighted by Crippen LogP contribution is 2.28. The first-order valence-electron chi connectivity index (χ1n) is 9.50. The Morgan fingerprint density at radius 2 is 2.04 bits per heavy atom. The Hall–Kier alpha value is -2.11. The Morgan fingerprint density at radius 1 is 1.23 bits per heavy atom. The second-order valence-electron chi connectivity index (χ2n) is 6.83. The molecule has 1 aromatic carbocycles. The summed E-state index contributed by atoms with van der Waals surface area (Å²) in [6.45, 7) is 4.04. The van der Waals surface area contributed by atoms with Gasteiger partial charge in [-0.3, -0.25) is 4.79 Å². The van der Waals surface area contributed by atoms with Crippen LogP contribution in [0, 0.1) is 0 Å². The lowest BCUT2D eigenvalue weighted by Gasteiger charge is -2.37. The molecule has 0 radical (unpaired) electrons. The van der Waals surface area contributed by atoms with Crippen LogP contribution in [0.5, 0.6) is 0 Å². The molecule has 26 heavy (non-hydrogen) atoms. The van der Waals surface area contributed by atoms with Gasteiger partial charge >= 0.3 is 0 Å². The Balaban J connectivity index is 1.57. The molecule has 2 aromatic rings. The molecule has 2 aliphatic heterocycles. The molecular weight excluding hydrogens is 330 g/mol. The zero-order chi connectivity index (χ0) is 17.9. The number of fused-ring (bicyclic) bond motifs is 1. The fourth-order valence-corrected chi connectivity index (χ4v) is 3.92. The van der Waals surface area contributed by atoms with Crippen molar-refractivity contribution in [2.45, 2.75) is 44.9 Å². The average Bonchev–Trinajstić information content (AvgIpc) is 3.34. The first kappa shape index (κ1) is 17.3. The summed E-state index contributed by atoms with van der Waals surface area (Å²) in [5.74, 6) is 0.925. The number of nitrogens with zero attached hydrogens (tertiary/aromatic N) is 1. The van der Waals surface area contributed by atoms with Gasteiger partial charge in [-0.25, -0.2) is 0 Å². The van der Waals surface area contributed by atoms with E-state index in [2.05, 4.69) is 6.92 Å². The van der Waals surface area contributed by atoms with E-state index in [9.17, 15) is 4.79 Å². The molecule has 0 aliphatic carbocycles. The molecular formula is C21H25NO4. The Morgan fingerprint density at radius 3 is 2.85 bits per heavy atom. The molecule has 0 spiro atoms. The van der Waals surface area contributed by atoms with E-state index in [0.717, 1.165) is 54.5 Å². The van der Waals surface area contributed by atoms with Crippen molar-refractivity contribution in [2.75, 3.05) is 19.8 Å². The number of furan rings is 1. The van der Waals surface area contributed by atoms with Gasteiger partial charge in [0.2, 0.25) is 5.91 Å². The van der Waals surface area contributed by atoms with Crippen LogP contribution < -0.4 is 0 Å². The molecule has 2 aliphatic rings. The van der Waals surface area contributed by atoms with Gasteiger partial charge in [0.15, 0.2) is 6.29 Å². The standard InChI is InChI=1S/C21H25NO4/c1-2-18-16(15-7-3-4-9-19(15)26-18)10-11-20(23)22-12-6-5-8-17(22)21-24-13-14-25-21/h3-4,7,9-11,17,21H,2,5-6,8,12-14H2,1H3. The molecule has 1 aromatic heterocycles. The summed E-state index contributed by atoms with van der Waals surface area (Å²) in [5, 5.41) is 1.05. The van der Waals surface area contributed by atoms with Crippen molar-refractivity contribution in [3.63, 3.8) is 0 Å². The van der Waals surface area contributed by atoms with Crippen molar-refractivity contribution in [3.8, 4) is 0 Å². The van der Waals surface area contributed by atoms with Crippen LogP contribution in [0.25, 0.3) is 17.0 Å². The van der Waals surface area contributed by atoms with Crippen LogP contribution in [0.1, 0.15) is 37.5 Å². The van der Waals surface area contributed by atoms with Crippen LogP contribution in [0.2, 0.25) is 0 Å². The van der Waals surface area contributed by atoms with Gasteiger partial charge in [0, 0.05) is 30.0 Å². The summed E-state index contributed by atoms with van der Waals surface area (Å²) < 4.78 is 17.2. The summed E-state index contributed by atoms with van der Waals surface area (Å²) in [4.78, 5) is 14.8. The number of para-hydroxylation sites is 1. The summed E-state index contributed by atoms with van der Waals surface area (Å²) in [6.07, 6.45) is 7.13. The highest BCUT2D eigenvalue weighted by molar-refractivity contribution is 5.96. The minimum atomic E-state index is -0.284. The SMILES string of the molecule is CCc1oc2ccccc2c1C=CC(=O)N1CCCCC1C1OCCO1. The molecule has 4 rings (SSSR count). The molecule has 1 atom stereocenters. The molecule has 0 bridgehead atoms. The maximum absolute atomic E-state index is 12.9. The van der Waals surface area contributed by atoms with E-state index >= 15 is 0 Å². The van der Waals surface area contributed by atoms with Gasteiger partial charge in [0.05, 0.1) is 19.3 Å². The first-order chi connectivity index (χ1) is 12.8. The van der Waals surface area contributed by atoms with Gasteiger partial charge in [0.25, 0.3) is 0 Å². The average molecular weight is 355 g/mol. The zero-order valence-corrected chi connectivity index (χ0v) is 15.1. The number of rotatable bonds is 4. The van der Waals surface area contributed by atoms with Crippen LogP contribution in [0.15, 0.2) is 34.8 Å². The Kier molecular flexibility index (Phi) is 5.09. The van der Waals surface area contributed by atoms with Crippen molar-refractivity contribution < 1.29 is 18.7 Å². The van der Waals surface area contributed by atoms with E-state index in [4.69, 9.17) is 13.9 Å². The number of likely N-dealkylation sites (tertiary alicyclic amines) is 1. The highest BCUT2D eigenvalue weighted by atomic mass is 16.7. The van der Waals surface area contributed by atoms with Crippen molar-refractivity contribution in [1.29, 1.82) is 0 Å². The van der Waals surface area contributed by atoms with Crippen LogP contribution in [0.3, 0.4) is 0 Å². The number of benzene rings is 1. The third kappa shape index (κ3) is 3.29.